The first kappa shape index (κ1) is 15.7. The summed E-state index contributed by atoms with van der Waals surface area (Å²) in [7, 11) is 3.27. The van der Waals surface area contributed by atoms with E-state index in [0.29, 0.717) is 13.1 Å². The Morgan fingerprint density at radius 2 is 2.00 bits per heavy atom. The van der Waals surface area contributed by atoms with Gasteiger partial charge in [-0.25, -0.2) is 0 Å². The van der Waals surface area contributed by atoms with Crippen LogP contribution in [-0.4, -0.2) is 43.2 Å². The van der Waals surface area contributed by atoms with Crippen molar-refractivity contribution in [2.45, 2.75) is 19.4 Å². The molecule has 1 aromatic rings. The summed E-state index contributed by atoms with van der Waals surface area (Å²) < 4.78 is 4.70. The van der Waals surface area contributed by atoms with Crippen molar-refractivity contribution in [3.05, 3.63) is 35.9 Å². The van der Waals surface area contributed by atoms with Gasteiger partial charge >= 0.3 is 5.97 Å². The molecule has 19 heavy (non-hydrogen) atoms. The Bertz CT molecular complexity index is 403. The number of hydrogen-bond donors (Lipinski definition) is 1. The molecule has 4 heteroatoms. The lowest BCUT2D eigenvalue weighted by atomic mass is 9.95. The van der Waals surface area contributed by atoms with Crippen LogP contribution >= 0.6 is 0 Å². The van der Waals surface area contributed by atoms with Gasteiger partial charge in [0.15, 0.2) is 0 Å². The molecule has 0 saturated carbocycles. The van der Waals surface area contributed by atoms with E-state index in [-0.39, 0.29) is 11.9 Å². The smallest absolute Gasteiger partial charge is 0.309 e. The second-order valence-electron chi connectivity index (χ2n) is 5.26. The predicted octanol–water partition coefficient (Wildman–Crippen LogP) is 1.63. The molecule has 1 rings (SSSR count). The molecule has 2 atom stereocenters. The maximum Gasteiger partial charge on any atom is 0.309 e. The van der Waals surface area contributed by atoms with Crippen molar-refractivity contribution >= 4 is 5.97 Å². The van der Waals surface area contributed by atoms with Crippen LogP contribution in [0.3, 0.4) is 0 Å². The molecule has 0 radical (unpaired) electrons. The Kier molecular flexibility index (Phi) is 5.51. The SMILES string of the molecule is COC(=O)C(C)CN(C)CC(C)(O)c1ccccc1. The standard InChI is InChI=1S/C15H23NO3/c1-12(14(17)19-4)10-16(3)11-15(2,18)13-8-6-5-7-9-13/h5-9,12,18H,10-11H2,1-4H3. The number of ether oxygens (including phenoxy) is 1. The fraction of sp³-hybridized carbons (Fsp3) is 0.533. The third kappa shape index (κ3) is 4.65. The van der Waals surface area contributed by atoms with Crippen molar-refractivity contribution < 1.29 is 14.6 Å². The second kappa shape index (κ2) is 6.68. The molecule has 0 spiro atoms. The van der Waals surface area contributed by atoms with Gasteiger partial charge in [-0.2, -0.15) is 0 Å². The van der Waals surface area contributed by atoms with Crippen molar-refractivity contribution in [1.29, 1.82) is 0 Å². The zero-order valence-electron chi connectivity index (χ0n) is 12.1. The molecule has 0 heterocycles. The van der Waals surface area contributed by atoms with E-state index in [0.717, 1.165) is 5.56 Å². The van der Waals surface area contributed by atoms with E-state index >= 15 is 0 Å². The summed E-state index contributed by atoms with van der Waals surface area (Å²) in [4.78, 5) is 13.3. The number of carbonyl (C=O) groups excluding carboxylic acids is 1. The van der Waals surface area contributed by atoms with Crippen LogP contribution in [0.1, 0.15) is 19.4 Å². The molecular formula is C15H23NO3. The maximum atomic E-state index is 11.4. The summed E-state index contributed by atoms with van der Waals surface area (Å²) >= 11 is 0. The van der Waals surface area contributed by atoms with Crippen LogP contribution in [0.25, 0.3) is 0 Å². The van der Waals surface area contributed by atoms with E-state index < -0.39 is 5.60 Å². The Hall–Kier alpha value is -1.39. The normalized spacial score (nSPS) is 15.9. The summed E-state index contributed by atoms with van der Waals surface area (Å²) in [5.41, 5.74) is -0.0705. The van der Waals surface area contributed by atoms with Crippen LogP contribution in [0, 0.1) is 5.92 Å². The van der Waals surface area contributed by atoms with E-state index in [2.05, 4.69) is 0 Å². The average Bonchev–Trinajstić information content (AvgIpc) is 2.38. The van der Waals surface area contributed by atoms with Crippen LogP contribution in [0.4, 0.5) is 0 Å². The van der Waals surface area contributed by atoms with Crippen LogP contribution in [0.15, 0.2) is 30.3 Å². The topological polar surface area (TPSA) is 49.8 Å². The van der Waals surface area contributed by atoms with E-state index in [9.17, 15) is 9.90 Å². The minimum atomic E-state index is -0.939. The molecule has 0 fully saturated rings. The number of hydrogen-bond acceptors (Lipinski definition) is 4. The predicted molar refractivity (Wildman–Crippen MR) is 74.7 cm³/mol. The Labute approximate surface area is 115 Å². The number of rotatable bonds is 6. The molecule has 106 valence electrons. The number of nitrogens with zero attached hydrogens (tertiary/aromatic N) is 1. The molecule has 0 saturated heterocycles. The molecule has 1 aromatic carbocycles. The number of esters is 1. The molecule has 1 N–H and O–H groups in total. The summed E-state index contributed by atoms with van der Waals surface area (Å²) in [6.45, 7) is 4.61. The Morgan fingerprint density at radius 1 is 1.42 bits per heavy atom. The lowest BCUT2D eigenvalue weighted by Gasteiger charge is -2.30. The van der Waals surface area contributed by atoms with Crippen LogP contribution in [0.2, 0.25) is 0 Å². The van der Waals surface area contributed by atoms with Gasteiger partial charge in [-0.3, -0.25) is 4.79 Å². The highest BCUT2D eigenvalue weighted by Gasteiger charge is 2.26. The Morgan fingerprint density at radius 3 is 2.53 bits per heavy atom. The molecule has 0 bridgehead atoms. The first-order chi connectivity index (χ1) is 8.86. The summed E-state index contributed by atoms with van der Waals surface area (Å²) in [6.07, 6.45) is 0. The number of methoxy groups -OCH3 is 1. The van der Waals surface area contributed by atoms with Gasteiger partial charge in [0.05, 0.1) is 18.6 Å². The zero-order valence-corrected chi connectivity index (χ0v) is 12.1. The Balaban J connectivity index is 2.61. The zero-order chi connectivity index (χ0) is 14.5. The molecule has 4 nitrogen and oxygen atoms in total. The minimum Gasteiger partial charge on any atom is -0.469 e. The maximum absolute atomic E-state index is 11.4. The van der Waals surface area contributed by atoms with Gasteiger partial charge in [0.1, 0.15) is 0 Å². The fourth-order valence-corrected chi connectivity index (χ4v) is 2.22. The summed E-state index contributed by atoms with van der Waals surface area (Å²) in [6, 6.07) is 9.53. The second-order valence-corrected chi connectivity index (χ2v) is 5.26. The van der Waals surface area contributed by atoms with Crippen molar-refractivity contribution in [3.8, 4) is 0 Å². The molecule has 0 aliphatic carbocycles. The van der Waals surface area contributed by atoms with E-state index in [4.69, 9.17) is 4.74 Å². The van der Waals surface area contributed by atoms with Gasteiger partial charge in [-0.1, -0.05) is 37.3 Å². The monoisotopic (exact) mass is 265 g/mol. The highest BCUT2D eigenvalue weighted by atomic mass is 16.5. The molecule has 0 aromatic heterocycles. The number of likely N-dealkylation sites (N-methyl/N-ethyl adjacent to an activating group) is 1. The summed E-state index contributed by atoms with van der Waals surface area (Å²) in [5, 5.41) is 10.5. The average molecular weight is 265 g/mol. The van der Waals surface area contributed by atoms with E-state index in [1.165, 1.54) is 7.11 Å². The van der Waals surface area contributed by atoms with Crippen molar-refractivity contribution in [3.63, 3.8) is 0 Å². The van der Waals surface area contributed by atoms with Crippen molar-refractivity contribution in [1.82, 2.24) is 4.90 Å². The molecule has 0 aliphatic rings. The van der Waals surface area contributed by atoms with E-state index in [1.54, 1.807) is 6.92 Å². The van der Waals surface area contributed by atoms with Crippen molar-refractivity contribution in [2.75, 3.05) is 27.2 Å². The first-order valence-electron chi connectivity index (χ1n) is 6.41. The van der Waals surface area contributed by atoms with E-state index in [1.807, 2.05) is 49.2 Å². The van der Waals surface area contributed by atoms with Crippen LogP contribution < -0.4 is 0 Å². The quantitative estimate of drug-likeness (QED) is 0.794. The van der Waals surface area contributed by atoms with Gasteiger partial charge in [0.25, 0.3) is 0 Å². The number of aliphatic hydroxyl groups is 1. The third-order valence-electron chi connectivity index (χ3n) is 3.16. The minimum absolute atomic E-state index is 0.207. The van der Waals surface area contributed by atoms with Gasteiger partial charge < -0.3 is 14.7 Å². The molecular weight excluding hydrogens is 242 g/mol. The van der Waals surface area contributed by atoms with Crippen molar-refractivity contribution in [2.24, 2.45) is 5.92 Å². The third-order valence-corrected chi connectivity index (χ3v) is 3.16. The van der Waals surface area contributed by atoms with Gasteiger partial charge in [-0.05, 0) is 19.5 Å². The number of benzene rings is 1. The highest BCUT2D eigenvalue weighted by molar-refractivity contribution is 5.72. The molecule has 0 aliphatic heterocycles. The van der Waals surface area contributed by atoms with Gasteiger partial charge in [-0.15, -0.1) is 0 Å². The fourth-order valence-electron chi connectivity index (χ4n) is 2.22. The van der Waals surface area contributed by atoms with Crippen LogP contribution in [0.5, 0.6) is 0 Å². The molecule has 2 unspecified atom stereocenters. The first-order valence-corrected chi connectivity index (χ1v) is 6.41. The lowest BCUT2D eigenvalue weighted by Crippen LogP contribution is -2.39. The summed E-state index contributed by atoms with van der Waals surface area (Å²) in [5.74, 6) is -0.437. The van der Waals surface area contributed by atoms with Gasteiger partial charge in [0.2, 0.25) is 0 Å². The largest absolute Gasteiger partial charge is 0.469 e. The van der Waals surface area contributed by atoms with Crippen LogP contribution in [-0.2, 0) is 15.1 Å². The lowest BCUT2D eigenvalue weighted by molar-refractivity contribution is -0.145. The van der Waals surface area contributed by atoms with Gasteiger partial charge in [0, 0.05) is 13.1 Å². The number of carbonyl (C=O) groups is 1. The molecule has 0 amide bonds. The highest BCUT2D eigenvalue weighted by Crippen LogP contribution is 2.21.